The van der Waals surface area contributed by atoms with Gasteiger partial charge in [0.25, 0.3) is 0 Å². The first-order chi connectivity index (χ1) is 6.76. The molecule has 0 amide bonds. The second-order valence-corrected chi connectivity index (χ2v) is 6.64. The molecule has 0 aromatic heterocycles. The van der Waals surface area contributed by atoms with Gasteiger partial charge in [0.2, 0.25) is 0 Å². The van der Waals surface area contributed by atoms with Crippen molar-refractivity contribution < 1.29 is 0 Å². The van der Waals surface area contributed by atoms with Gasteiger partial charge < -0.3 is 0 Å². The van der Waals surface area contributed by atoms with Crippen LogP contribution in [-0.4, -0.2) is 40.9 Å². The van der Waals surface area contributed by atoms with E-state index in [0.29, 0.717) is 5.41 Å². The Morgan fingerprint density at radius 1 is 1.43 bits per heavy atom. The molecule has 0 spiro atoms. The average molecular weight is 278 g/mol. The second-order valence-electron chi connectivity index (χ2n) is 4.85. The van der Waals surface area contributed by atoms with Crippen molar-refractivity contribution in [2.45, 2.75) is 32.2 Å². The summed E-state index contributed by atoms with van der Waals surface area (Å²) >= 11 is 5.79. The van der Waals surface area contributed by atoms with Crippen LogP contribution in [0.4, 0.5) is 0 Å². The molecule has 1 heterocycles. The van der Waals surface area contributed by atoms with Crippen molar-refractivity contribution in [2.24, 2.45) is 5.41 Å². The molecule has 0 bridgehead atoms. The van der Waals surface area contributed by atoms with Crippen LogP contribution in [0.1, 0.15) is 26.2 Å². The number of nitrogens with zero attached hydrogens (tertiary/aromatic N) is 1. The minimum Gasteiger partial charge on any atom is -0.299 e. The molecule has 0 aromatic carbocycles. The Bertz CT molecular complexity index is 194. The van der Waals surface area contributed by atoms with Gasteiger partial charge >= 0.3 is 0 Å². The predicted molar refractivity (Wildman–Crippen MR) is 68.4 cm³/mol. The molecule has 0 N–H and O–H groups in total. The fourth-order valence-electron chi connectivity index (χ4n) is 2.12. The van der Waals surface area contributed by atoms with Gasteiger partial charge in [0.05, 0.1) is 0 Å². The van der Waals surface area contributed by atoms with E-state index in [9.17, 15) is 0 Å². The quantitative estimate of drug-likeness (QED) is 0.730. The number of thioether (sulfide) groups is 1. The first-order valence-corrected chi connectivity index (χ1v) is 7.91. The highest BCUT2D eigenvalue weighted by atomic mass is 79.9. The zero-order valence-electron chi connectivity index (χ0n) is 8.97. The first kappa shape index (κ1) is 11.3. The van der Waals surface area contributed by atoms with Crippen LogP contribution in [0, 0.1) is 5.41 Å². The van der Waals surface area contributed by atoms with Crippen LogP contribution in [0.25, 0.3) is 0 Å². The van der Waals surface area contributed by atoms with Gasteiger partial charge in [-0.2, -0.15) is 11.8 Å². The molecule has 1 aliphatic carbocycles. The molecule has 2 fully saturated rings. The topological polar surface area (TPSA) is 3.24 Å². The van der Waals surface area contributed by atoms with Crippen molar-refractivity contribution in [1.29, 1.82) is 0 Å². The monoisotopic (exact) mass is 277 g/mol. The van der Waals surface area contributed by atoms with Crippen LogP contribution in [0.5, 0.6) is 0 Å². The summed E-state index contributed by atoms with van der Waals surface area (Å²) in [6.07, 6.45) is 4.26. The first-order valence-electron chi connectivity index (χ1n) is 5.64. The summed E-state index contributed by atoms with van der Waals surface area (Å²) in [4.78, 5) is 2.72. The molecule has 3 heteroatoms. The molecule has 2 aliphatic rings. The predicted octanol–water partition coefficient (Wildman–Crippen LogP) is 2.99. The highest BCUT2D eigenvalue weighted by Crippen LogP contribution is 2.48. The maximum Gasteiger partial charge on any atom is 0.0100 e. The van der Waals surface area contributed by atoms with E-state index in [1.807, 2.05) is 0 Å². The van der Waals surface area contributed by atoms with E-state index in [1.54, 1.807) is 0 Å². The molecule has 1 unspecified atom stereocenters. The van der Waals surface area contributed by atoms with Gasteiger partial charge in [0, 0.05) is 30.2 Å². The summed E-state index contributed by atoms with van der Waals surface area (Å²) in [7, 11) is 0. The third kappa shape index (κ3) is 2.67. The van der Waals surface area contributed by atoms with Crippen LogP contribution in [0.15, 0.2) is 0 Å². The van der Waals surface area contributed by atoms with E-state index >= 15 is 0 Å². The third-order valence-electron chi connectivity index (χ3n) is 3.61. The summed E-state index contributed by atoms with van der Waals surface area (Å²) in [6.45, 7) is 5.04. The Hall–Kier alpha value is 0.790. The molecule has 14 heavy (non-hydrogen) atoms. The van der Waals surface area contributed by atoms with Gasteiger partial charge in [-0.1, -0.05) is 15.9 Å². The van der Waals surface area contributed by atoms with Gasteiger partial charge in [-0.15, -0.1) is 0 Å². The summed E-state index contributed by atoms with van der Waals surface area (Å²) in [6, 6.07) is 0.807. The van der Waals surface area contributed by atoms with Crippen LogP contribution in [-0.2, 0) is 0 Å². The zero-order valence-corrected chi connectivity index (χ0v) is 11.4. The minimum absolute atomic E-state index is 0.656. The lowest BCUT2D eigenvalue weighted by molar-refractivity contribution is 0.186. The Morgan fingerprint density at radius 2 is 2.21 bits per heavy atom. The standard InChI is InChI=1S/C11H20BrNS/c1-10-2-6-14-7-5-13(10)9-11(8-12)3-4-11/h10H,2-9H2,1H3. The molecule has 0 aromatic rings. The number of hydrogen-bond donors (Lipinski definition) is 0. The molecular weight excluding hydrogens is 258 g/mol. The molecule has 1 atom stereocenters. The summed E-state index contributed by atoms with van der Waals surface area (Å²) in [5, 5.41) is 1.20. The Labute approximate surface area is 100 Å². The van der Waals surface area contributed by atoms with E-state index in [0.717, 1.165) is 6.04 Å². The fraction of sp³-hybridized carbons (Fsp3) is 1.00. The third-order valence-corrected chi connectivity index (χ3v) is 5.79. The van der Waals surface area contributed by atoms with Gasteiger partial charge in [0.1, 0.15) is 0 Å². The lowest BCUT2D eigenvalue weighted by Crippen LogP contribution is -2.38. The maximum absolute atomic E-state index is 3.67. The molecule has 1 nitrogen and oxygen atoms in total. The number of rotatable bonds is 3. The average Bonchev–Trinajstić information content (AvgIpc) is 2.97. The van der Waals surface area contributed by atoms with Crippen molar-refractivity contribution >= 4 is 27.7 Å². The molecule has 1 saturated heterocycles. The smallest absolute Gasteiger partial charge is 0.0100 e. The fourth-order valence-corrected chi connectivity index (χ4v) is 3.93. The molecule has 82 valence electrons. The van der Waals surface area contributed by atoms with E-state index in [1.165, 1.54) is 49.2 Å². The number of alkyl halides is 1. The SMILES string of the molecule is CC1CCSCCN1CC1(CBr)CC1. The van der Waals surface area contributed by atoms with E-state index in [-0.39, 0.29) is 0 Å². The minimum atomic E-state index is 0.656. The second kappa shape index (κ2) is 4.75. The van der Waals surface area contributed by atoms with Crippen molar-refractivity contribution in [1.82, 2.24) is 4.90 Å². The van der Waals surface area contributed by atoms with E-state index in [2.05, 4.69) is 39.5 Å². The van der Waals surface area contributed by atoms with Gasteiger partial charge in [-0.3, -0.25) is 4.90 Å². The maximum atomic E-state index is 3.67. The normalized spacial score (nSPS) is 32.6. The Morgan fingerprint density at radius 3 is 2.86 bits per heavy atom. The van der Waals surface area contributed by atoms with Crippen LogP contribution < -0.4 is 0 Å². The largest absolute Gasteiger partial charge is 0.299 e. The van der Waals surface area contributed by atoms with Gasteiger partial charge in [-0.25, -0.2) is 0 Å². The number of halogens is 1. The highest BCUT2D eigenvalue weighted by molar-refractivity contribution is 9.09. The zero-order chi connectivity index (χ0) is 10.0. The summed E-state index contributed by atoms with van der Waals surface area (Å²) < 4.78 is 0. The molecule has 2 rings (SSSR count). The molecular formula is C11H20BrNS. The highest BCUT2D eigenvalue weighted by Gasteiger charge is 2.43. The van der Waals surface area contributed by atoms with Gasteiger partial charge in [0.15, 0.2) is 0 Å². The molecule has 1 aliphatic heterocycles. The lowest BCUT2D eigenvalue weighted by Gasteiger charge is -2.30. The van der Waals surface area contributed by atoms with Crippen LogP contribution >= 0.6 is 27.7 Å². The Kier molecular flexibility index (Phi) is 3.83. The van der Waals surface area contributed by atoms with Crippen LogP contribution in [0.2, 0.25) is 0 Å². The van der Waals surface area contributed by atoms with Gasteiger partial charge in [-0.05, 0) is 37.4 Å². The van der Waals surface area contributed by atoms with E-state index < -0.39 is 0 Å². The van der Waals surface area contributed by atoms with Crippen molar-refractivity contribution in [2.75, 3.05) is 29.9 Å². The summed E-state index contributed by atoms with van der Waals surface area (Å²) in [5.41, 5.74) is 0.656. The summed E-state index contributed by atoms with van der Waals surface area (Å²) in [5.74, 6) is 2.70. The van der Waals surface area contributed by atoms with Crippen molar-refractivity contribution in [3.05, 3.63) is 0 Å². The molecule has 0 radical (unpaired) electrons. The Balaban J connectivity index is 1.88. The number of hydrogen-bond acceptors (Lipinski definition) is 2. The van der Waals surface area contributed by atoms with Crippen LogP contribution in [0.3, 0.4) is 0 Å². The van der Waals surface area contributed by atoms with Crippen molar-refractivity contribution in [3.8, 4) is 0 Å². The van der Waals surface area contributed by atoms with Crippen molar-refractivity contribution in [3.63, 3.8) is 0 Å². The lowest BCUT2D eigenvalue weighted by atomic mass is 10.1. The van der Waals surface area contributed by atoms with E-state index in [4.69, 9.17) is 0 Å². The molecule has 1 saturated carbocycles.